The monoisotopic (exact) mass is 406 g/mol. The smallest absolute Gasteiger partial charge is 0.262 e. The molecule has 0 aliphatic carbocycles. The second-order valence-electron chi connectivity index (χ2n) is 6.69. The molecule has 0 radical (unpaired) electrons. The van der Waals surface area contributed by atoms with E-state index < -0.39 is 15.9 Å². The molecule has 0 aromatic heterocycles. The molecule has 8 heteroatoms. The molecule has 0 atom stereocenters. The zero-order valence-electron chi connectivity index (χ0n) is 17.0. The van der Waals surface area contributed by atoms with Gasteiger partial charge in [0, 0.05) is 19.8 Å². The Morgan fingerprint density at radius 3 is 2.36 bits per heavy atom. The molecule has 2 rings (SSSR count). The lowest BCUT2D eigenvalue weighted by Gasteiger charge is -2.17. The Bertz CT molecular complexity index is 984. The quantitative estimate of drug-likeness (QED) is 0.764. The first-order valence-electron chi connectivity index (χ1n) is 8.67. The summed E-state index contributed by atoms with van der Waals surface area (Å²) >= 11 is 0. The lowest BCUT2D eigenvalue weighted by Crippen LogP contribution is -2.24. The van der Waals surface area contributed by atoms with Gasteiger partial charge in [-0.1, -0.05) is 6.07 Å². The Labute approximate surface area is 166 Å². The summed E-state index contributed by atoms with van der Waals surface area (Å²) in [4.78, 5) is 12.5. The molecule has 0 aliphatic rings. The predicted molar refractivity (Wildman–Crippen MR) is 109 cm³/mol. The fourth-order valence-corrected chi connectivity index (χ4v) is 3.55. The third kappa shape index (κ3) is 4.82. The van der Waals surface area contributed by atoms with Gasteiger partial charge in [-0.25, -0.2) is 12.7 Å². The summed E-state index contributed by atoms with van der Waals surface area (Å²) < 4.78 is 36.8. The van der Waals surface area contributed by atoms with Crippen LogP contribution in [0.2, 0.25) is 0 Å². The van der Waals surface area contributed by atoms with Gasteiger partial charge in [0.15, 0.2) is 18.1 Å². The van der Waals surface area contributed by atoms with Crippen molar-refractivity contribution in [2.45, 2.75) is 25.7 Å². The van der Waals surface area contributed by atoms with Gasteiger partial charge in [0.05, 0.1) is 12.0 Å². The maximum absolute atomic E-state index is 12.4. The van der Waals surface area contributed by atoms with Gasteiger partial charge in [-0.3, -0.25) is 4.79 Å². The van der Waals surface area contributed by atoms with E-state index in [1.54, 1.807) is 19.1 Å². The number of anilines is 1. The van der Waals surface area contributed by atoms with Crippen molar-refractivity contribution in [1.29, 1.82) is 0 Å². The summed E-state index contributed by atoms with van der Waals surface area (Å²) in [7, 11) is 0.851. The summed E-state index contributed by atoms with van der Waals surface area (Å²) in [5.74, 6) is 0.600. The van der Waals surface area contributed by atoms with Crippen LogP contribution in [0.5, 0.6) is 11.5 Å². The number of nitrogens with one attached hydrogen (secondary N) is 1. The van der Waals surface area contributed by atoms with Crippen LogP contribution in [0, 0.1) is 20.8 Å². The van der Waals surface area contributed by atoms with E-state index in [0.29, 0.717) is 17.2 Å². The van der Waals surface area contributed by atoms with Crippen molar-refractivity contribution in [3.63, 3.8) is 0 Å². The largest absolute Gasteiger partial charge is 0.493 e. The number of carbonyl (C=O) groups is 1. The first-order chi connectivity index (χ1) is 13.1. The molecule has 1 amide bonds. The average Bonchev–Trinajstić information content (AvgIpc) is 2.63. The number of amides is 1. The van der Waals surface area contributed by atoms with Crippen molar-refractivity contribution in [1.82, 2.24) is 4.31 Å². The van der Waals surface area contributed by atoms with Crippen LogP contribution in [-0.2, 0) is 14.8 Å². The topological polar surface area (TPSA) is 84.9 Å². The lowest BCUT2D eigenvalue weighted by molar-refractivity contribution is -0.118. The Morgan fingerprint density at radius 2 is 1.75 bits per heavy atom. The highest BCUT2D eigenvalue weighted by Gasteiger charge is 2.20. The molecule has 0 aliphatic heterocycles. The lowest BCUT2D eigenvalue weighted by atomic mass is 10.1. The molecule has 0 fully saturated rings. The normalized spacial score (nSPS) is 11.4. The second-order valence-corrected chi connectivity index (χ2v) is 8.84. The second kappa shape index (κ2) is 8.62. The number of carbonyl (C=O) groups excluding carboxylic acids is 1. The first-order valence-corrected chi connectivity index (χ1v) is 10.1. The highest BCUT2D eigenvalue weighted by Crippen LogP contribution is 2.28. The van der Waals surface area contributed by atoms with Crippen molar-refractivity contribution < 1.29 is 22.7 Å². The Hall–Kier alpha value is -2.58. The van der Waals surface area contributed by atoms with Gasteiger partial charge >= 0.3 is 0 Å². The molecule has 2 aromatic carbocycles. The molecular weight excluding hydrogens is 380 g/mol. The van der Waals surface area contributed by atoms with E-state index in [-0.39, 0.29) is 11.5 Å². The SMILES string of the molecule is COc1cc(C)ccc1OCC(=O)Nc1cc(S(=O)(=O)N(C)C)cc(C)c1C. The molecule has 0 bridgehead atoms. The van der Waals surface area contributed by atoms with E-state index in [9.17, 15) is 13.2 Å². The number of ether oxygens (including phenoxy) is 2. The Morgan fingerprint density at radius 1 is 1.07 bits per heavy atom. The number of nitrogens with zero attached hydrogens (tertiary/aromatic N) is 1. The van der Waals surface area contributed by atoms with Crippen molar-refractivity contribution >= 4 is 21.6 Å². The van der Waals surface area contributed by atoms with E-state index in [0.717, 1.165) is 21.0 Å². The van der Waals surface area contributed by atoms with Gasteiger partial charge < -0.3 is 14.8 Å². The van der Waals surface area contributed by atoms with Crippen LogP contribution in [0.3, 0.4) is 0 Å². The number of sulfonamides is 1. The predicted octanol–water partition coefficient (Wildman–Crippen LogP) is 2.89. The van der Waals surface area contributed by atoms with Gasteiger partial charge in [-0.15, -0.1) is 0 Å². The van der Waals surface area contributed by atoms with E-state index in [2.05, 4.69) is 5.32 Å². The fraction of sp³-hybridized carbons (Fsp3) is 0.350. The fourth-order valence-electron chi connectivity index (χ4n) is 2.54. The minimum Gasteiger partial charge on any atom is -0.493 e. The summed E-state index contributed by atoms with van der Waals surface area (Å²) in [6, 6.07) is 8.46. The van der Waals surface area contributed by atoms with Crippen LogP contribution in [0.15, 0.2) is 35.2 Å². The van der Waals surface area contributed by atoms with E-state index in [1.165, 1.54) is 27.3 Å². The number of hydrogen-bond acceptors (Lipinski definition) is 5. The van der Waals surface area contributed by atoms with Crippen molar-refractivity contribution in [3.05, 3.63) is 47.0 Å². The van der Waals surface area contributed by atoms with Gasteiger partial charge in [0.1, 0.15) is 0 Å². The minimum atomic E-state index is -3.61. The summed E-state index contributed by atoms with van der Waals surface area (Å²) in [6.07, 6.45) is 0. The number of methoxy groups -OCH3 is 1. The number of rotatable bonds is 7. The summed E-state index contributed by atoms with van der Waals surface area (Å²) in [5, 5.41) is 2.73. The molecule has 2 aromatic rings. The third-order valence-corrected chi connectivity index (χ3v) is 6.16. The zero-order valence-corrected chi connectivity index (χ0v) is 17.8. The van der Waals surface area contributed by atoms with Crippen LogP contribution in [0.25, 0.3) is 0 Å². The highest BCUT2D eigenvalue weighted by atomic mass is 32.2. The maximum Gasteiger partial charge on any atom is 0.262 e. The molecule has 0 saturated heterocycles. The molecular formula is C20H26N2O5S. The van der Waals surface area contributed by atoms with E-state index >= 15 is 0 Å². The number of benzene rings is 2. The number of aryl methyl sites for hydroxylation is 2. The van der Waals surface area contributed by atoms with Crippen LogP contribution < -0.4 is 14.8 Å². The van der Waals surface area contributed by atoms with Crippen molar-refractivity contribution in [2.24, 2.45) is 0 Å². The van der Waals surface area contributed by atoms with Gasteiger partial charge in [0.25, 0.3) is 5.91 Å². The van der Waals surface area contributed by atoms with E-state index in [1.807, 2.05) is 26.0 Å². The maximum atomic E-state index is 12.4. The number of hydrogen-bond donors (Lipinski definition) is 1. The molecule has 0 heterocycles. The van der Waals surface area contributed by atoms with Gasteiger partial charge in [0.2, 0.25) is 10.0 Å². The summed E-state index contributed by atoms with van der Waals surface area (Å²) in [5.41, 5.74) is 3.00. The van der Waals surface area contributed by atoms with Crippen LogP contribution in [0.1, 0.15) is 16.7 Å². The Balaban J connectivity index is 2.19. The zero-order chi connectivity index (χ0) is 21.1. The highest BCUT2D eigenvalue weighted by molar-refractivity contribution is 7.89. The van der Waals surface area contributed by atoms with Gasteiger partial charge in [-0.2, -0.15) is 0 Å². The molecule has 1 N–H and O–H groups in total. The molecule has 0 unspecified atom stereocenters. The molecule has 152 valence electrons. The first kappa shape index (κ1) is 21.7. The van der Waals surface area contributed by atoms with Crippen LogP contribution >= 0.6 is 0 Å². The average molecular weight is 407 g/mol. The van der Waals surface area contributed by atoms with Crippen molar-refractivity contribution in [3.8, 4) is 11.5 Å². The van der Waals surface area contributed by atoms with Crippen molar-refractivity contribution in [2.75, 3.05) is 33.1 Å². The van der Waals surface area contributed by atoms with Gasteiger partial charge in [-0.05, 0) is 61.7 Å². The Kier molecular flexibility index (Phi) is 6.69. The third-order valence-electron chi connectivity index (χ3n) is 4.37. The van der Waals surface area contributed by atoms with Crippen LogP contribution in [-0.4, -0.2) is 46.4 Å². The summed E-state index contributed by atoms with van der Waals surface area (Å²) in [6.45, 7) is 5.32. The molecule has 0 spiro atoms. The van der Waals surface area contributed by atoms with E-state index in [4.69, 9.17) is 9.47 Å². The minimum absolute atomic E-state index is 0.122. The standard InChI is InChI=1S/C20H26N2O5S/c1-13-7-8-18(19(9-13)26-6)27-12-20(23)21-17-11-16(10-14(2)15(17)3)28(24,25)22(4)5/h7-11H,12H2,1-6H3,(H,21,23). The molecule has 0 saturated carbocycles. The van der Waals surface area contributed by atoms with Crippen LogP contribution in [0.4, 0.5) is 5.69 Å². The molecule has 28 heavy (non-hydrogen) atoms. The molecule has 7 nitrogen and oxygen atoms in total.